The number of benzene rings is 1. The lowest BCUT2D eigenvalue weighted by atomic mass is 10.1. The number of nitrogens with zero attached hydrogens (tertiary/aromatic N) is 2. The van der Waals surface area contributed by atoms with Crippen molar-refractivity contribution < 1.29 is 14.3 Å². The van der Waals surface area contributed by atoms with Gasteiger partial charge in [-0.1, -0.05) is 0 Å². The second-order valence-electron chi connectivity index (χ2n) is 3.90. The Morgan fingerprint density at radius 1 is 1.47 bits per heavy atom. The van der Waals surface area contributed by atoms with E-state index in [2.05, 4.69) is 15.9 Å². The summed E-state index contributed by atoms with van der Waals surface area (Å²) in [4.78, 5) is 10.8. The van der Waals surface area contributed by atoms with Crippen LogP contribution >= 0.6 is 15.9 Å². The predicted molar refractivity (Wildman–Crippen MR) is 69.3 cm³/mol. The van der Waals surface area contributed by atoms with Gasteiger partial charge in [0, 0.05) is 12.7 Å². The second kappa shape index (κ2) is 5.24. The van der Waals surface area contributed by atoms with Gasteiger partial charge in [0.2, 0.25) is 0 Å². The first-order chi connectivity index (χ1) is 9.01. The zero-order valence-corrected chi connectivity index (χ0v) is 11.2. The summed E-state index contributed by atoms with van der Waals surface area (Å²) in [5, 5.41) is 17.8. The topological polar surface area (TPSA) is 66.0 Å². The van der Waals surface area contributed by atoms with Crippen LogP contribution < -0.4 is 0 Å². The van der Waals surface area contributed by atoms with Crippen molar-refractivity contribution >= 4 is 21.9 Å². The first kappa shape index (κ1) is 13.3. The number of nitriles is 1. The molecule has 0 unspecified atom stereocenters. The molecule has 96 valence electrons. The number of rotatable bonds is 3. The molecule has 0 bridgehead atoms. The van der Waals surface area contributed by atoms with E-state index < -0.39 is 11.8 Å². The zero-order chi connectivity index (χ0) is 14.0. The molecule has 0 aliphatic carbocycles. The van der Waals surface area contributed by atoms with Crippen LogP contribution in [-0.4, -0.2) is 15.6 Å². The van der Waals surface area contributed by atoms with Crippen molar-refractivity contribution in [3.63, 3.8) is 0 Å². The summed E-state index contributed by atoms with van der Waals surface area (Å²) in [5.41, 5.74) is 0.983. The Bertz CT molecular complexity index is 688. The number of hydrogen-bond donors (Lipinski definition) is 1. The summed E-state index contributed by atoms with van der Waals surface area (Å²) in [6.45, 7) is 0.217. The van der Waals surface area contributed by atoms with Crippen LogP contribution in [0.2, 0.25) is 0 Å². The van der Waals surface area contributed by atoms with Crippen molar-refractivity contribution in [2.45, 2.75) is 6.54 Å². The summed E-state index contributed by atoms with van der Waals surface area (Å²) in [5.74, 6) is -1.48. The predicted octanol–water partition coefficient (Wildman–Crippen LogP) is 3.01. The molecule has 0 saturated heterocycles. The molecule has 1 N–H and O–H groups in total. The Morgan fingerprint density at radius 2 is 2.21 bits per heavy atom. The monoisotopic (exact) mass is 322 g/mol. The second-order valence-corrected chi connectivity index (χ2v) is 4.71. The first-order valence-electron chi connectivity index (χ1n) is 5.28. The summed E-state index contributed by atoms with van der Waals surface area (Å²) in [7, 11) is 0. The molecule has 0 spiro atoms. The maximum Gasteiger partial charge on any atom is 0.337 e. The van der Waals surface area contributed by atoms with Gasteiger partial charge in [-0.05, 0) is 45.8 Å². The number of aromatic carboxylic acids is 1. The standard InChI is InChI=1S/C13H8BrFN2O2/c14-12-4-10(13(18)19)7-17(12)6-9-3-11(15)2-1-8(9)5-16/h1-4,7H,6H2,(H,18,19). The smallest absolute Gasteiger partial charge is 0.337 e. The quantitative estimate of drug-likeness (QED) is 0.944. The molecule has 1 heterocycles. The molecular formula is C13H8BrFN2O2. The highest BCUT2D eigenvalue weighted by molar-refractivity contribution is 9.10. The van der Waals surface area contributed by atoms with E-state index in [0.29, 0.717) is 15.7 Å². The molecule has 2 aromatic rings. The third kappa shape index (κ3) is 2.83. The van der Waals surface area contributed by atoms with Crippen molar-refractivity contribution in [2.24, 2.45) is 0 Å². The van der Waals surface area contributed by atoms with Crippen molar-refractivity contribution in [3.8, 4) is 6.07 Å². The van der Waals surface area contributed by atoms with Crippen LogP contribution in [0, 0.1) is 17.1 Å². The van der Waals surface area contributed by atoms with E-state index in [-0.39, 0.29) is 12.1 Å². The van der Waals surface area contributed by atoms with Crippen molar-refractivity contribution in [1.29, 1.82) is 5.26 Å². The molecular weight excluding hydrogens is 315 g/mol. The molecule has 1 aromatic carbocycles. The Morgan fingerprint density at radius 3 is 2.79 bits per heavy atom. The van der Waals surface area contributed by atoms with Crippen LogP contribution in [-0.2, 0) is 6.54 Å². The lowest BCUT2D eigenvalue weighted by Crippen LogP contribution is -2.02. The number of carbonyl (C=O) groups is 1. The fourth-order valence-electron chi connectivity index (χ4n) is 1.70. The third-order valence-electron chi connectivity index (χ3n) is 2.62. The van der Waals surface area contributed by atoms with Gasteiger partial charge in [-0.2, -0.15) is 5.26 Å². The maximum atomic E-state index is 13.2. The summed E-state index contributed by atoms with van der Waals surface area (Å²) >= 11 is 3.23. The molecule has 0 fully saturated rings. The van der Waals surface area contributed by atoms with Crippen LogP contribution in [0.5, 0.6) is 0 Å². The van der Waals surface area contributed by atoms with Crippen LogP contribution in [0.15, 0.2) is 35.1 Å². The highest BCUT2D eigenvalue weighted by Gasteiger charge is 2.11. The van der Waals surface area contributed by atoms with Crippen LogP contribution in [0.25, 0.3) is 0 Å². The van der Waals surface area contributed by atoms with Gasteiger partial charge in [-0.3, -0.25) is 0 Å². The van der Waals surface area contributed by atoms with Gasteiger partial charge in [-0.25, -0.2) is 9.18 Å². The average molecular weight is 323 g/mol. The molecule has 0 amide bonds. The zero-order valence-electron chi connectivity index (χ0n) is 9.60. The largest absolute Gasteiger partial charge is 0.478 e. The number of hydrogen-bond acceptors (Lipinski definition) is 2. The SMILES string of the molecule is N#Cc1ccc(F)cc1Cn1cc(C(=O)O)cc1Br. The van der Waals surface area contributed by atoms with Crippen LogP contribution in [0.4, 0.5) is 4.39 Å². The fourth-order valence-corrected chi connectivity index (χ4v) is 2.18. The van der Waals surface area contributed by atoms with E-state index in [9.17, 15) is 9.18 Å². The normalized spacial score (nSPS) is 10.2. The fraction of sp³-hybridized carbons (Fsp3) is 0.0769. The molecule has 0 aliphatic heterocycles. The molecule has 0 saturated carbocycles. The summed E-state index contributed by atoms with van der Waals surface area (Å²) in [6, 6.07) is 7.32. The maximum absolute atomic E-state index is 13.2. The first-order valence-corrected chi connectivity index (χ1v) is 6.08. The van der Waals surface area contributed by atoms with E-state index in [1.807, 2.05) is 6.07 Å². The molecule has 2 rings (SSSR count). The Kier molecular flexibility index (Phi) is 3.67. The molecule has 0 radical (unpaired) electrons. The molecule has 19 heavy (non-hydrogen) atoms. The highest BCUT2D eigenvalue weighted by Crippen LogP contribution is 2.19. The minimum Gasteiger partial charge on any atom is -0.478 e. The number of halogens is 2. The number of carboxylic acids is 1. The molecule has 6 heteroatoms. The molecule has 1 aromatic heterocycles. The van der Waals surface area contributed by atoms with Crippen LogP contribution in [0.1, 0.15) is 21.5 Å². The van der Waals surface area contributed by atoms with E-state index in [1.54, 1.807) is 4.57 Å². The van der Waals surface area contributed by atoms with Gasteiger partial charge < -0.3 is 9.67 Å². The summed E-state index contributed by atoms with van der Waals surface area (Å²) < 4.78 is 15.3. The Labute approximate surface area is 116 Å². The van der Waals surface area contributed by atoms with Gasteiger partial charge in [0.05, 0.1) is 21.8 Å². The van der Waals surface area contributed by atoms with E-state index in [4.69, 9.17) is 10.4 Å². The van der Waals surface area contributed by atoms with E-state index >= 15 is 0 Å². The number of aromatic nitrogens is 1. The van der Waals surface area contributed by atoms with Gasteiger partial charge in [0.25, 0.3) is 0 Å². The Hall–Kier alpha value is -2.13. The minimum absolute atomic E-state index is 0.127. The lowest BCUT2D eigenvalue weighted by Gasteiger charge is -2.07. The van der Waals surface area contributed by atoms with Gasteiger partial charge >= 0.3 is 5.97 Å². The Balaban J connectivity index is 2.39. The lowest BCUT2D eigenvalue weighted by molar-refractivity contribution is 0.0697. The minimum atomic E-state index is -1.04. The third-order valence-corrected chi connectivity index (χ3v) is 3.30. The molecule has 0 aliphatic rings. The van der Waals surface area contributed by atoms with Gasteiger partial charge in [0.15, 0.2) is 0 Å². The van der Waals surface area contributed by atoms with Crippen LogP contribution in [0.3, 0.4) is 0 Å². The number of carboxylic acid groups (broad SMARTS) is 1. The van der Waals surface area contributed by atoms with Crippen molar-refractivity contribution in [1.82, 2.24) is 4.57 Å². The summed E-state index contributed by atoms with van der Waals surface area (Å²) in [6.07, 6.45) is 1.43. The van der Waals surface area contributed by atoms with Crippen molar-refractivity contribution in [3.05, 3.63) is 57.6 Å². The van der Waals surface area contributed by atoms with Gasteiger partial charge in [0.1, 0.15) is 5.82 Å². The van der Waals surface area contributed by atoms with E-state index in [1.165, 1.54) is 30.5 Å². The average Bonchev–Trinajstić information content (AvgIpc) is 2.72. The van der Waals surface area contributed by atoms with E-state index in [0.717, 1.165) is 0 Å². The van der Waals surface area contributed by atoms with Gasteiger partial charge in [-0.15, -0.1) is 0 Å². The van der Waals surface area contributed by atoms with Crippen molar-refractivity contribution in [2.75, 3.05) is 0 Å². The molecule has 4 nitrogen and oxygen atoms in total. The molecule has 0 atom stereocenters. The highest BCUT2D eigenvalue weighted by atomic mass is 79.9.